The quantitative estimate of drug-likeness (QED) is 0.653. The van der Waals surface area contributed by atoms with E-state index in [1.54, 1.807) is 31.2 Å². The van der Waals surface area contributed by atoms with Crippen molar-refractivity contribution in [2.75, 3.05) is 0 Å². The number of rotatable bonds is 6. The summed E-state index contributed by atoms with van der Waals surface area (Å²) in [4.78, 5) is 14.2. The Morgan fingerprint density at radius 1 is 0.923 bits per heavy atom. The summed E-state index contributed by atoms with van der Waals surface area (Å²) in [6.07, 6.45) is -0.880. The van der Waals surface area contributed by atoms with Gasteiger partial charge in [0.2, 0.25) is 0 Å². The molecule has 3 rings (SSSR count). The fourth-order valence-electron chi connectivity index (χ4n) is 2.38. The molecule has 3 aromatic rings. The van der Waals surface area contributed by atoms with Crippen LogP contribution in [0.3, 0.4) is 0 Å². The SMILES string of the molecule is C[C@@H](Oc1ccc2ccccc2c1)C(=O)NNS(=O)(=O)c1ccccc1. The molecule has 2 N–H and O–H groups in total. The summed E-state index contributed by atoms with van der Waals surface area (Å²) in [5.41, 5.74) is 2.18. The monoisotopic (exact) mass is 370 g/mol. The van der Waals surface area contributed by atoms with Crippen molar-refractivity contribution in [3.8, 4) is 5.75 Å². The van der Waals surface area contributed by atoms with Crippen LogP contribution in [0, 0.1) is 0 Å². The van der Waals surface area contributed by atoms with E-state index in [0.717, 1.165) is 10.8 Å². The molecule has 0 aromatic heterocycles. The molecule has 0 aliphatic carbocycles. The molecule has 0 spiro atoms. The molecular weight excluding hydrogens is 352 g/mol. The first kappa shape index (κ1) is 17.9. The summed E-state index contributed by atoms with van der Waals surface area (Å²) in [7, 11) is -3.83. The number of benzene rings is 3. The molecule has 0 heterocycles. The molecule has 134 valence electrons. The highest BCUT2D eigenvalue weighted by molar-refractivity contribution is 7.89. The number of hydrazine groups is 1. The first-order chi connectivity index (χ1) is 12.5. The highest BCUT2D eigenvalue weighted by Gasteiger charge is 2.19. The van der Waals surface area contributed by atoms with Gasteiger partial charge in [-0.15, -0.1) is 4.83 Å². The zero-order valence-electron chi connectivity index (χ0n) is 14.0. The van der Waals surface area contributed by atoms with E-state index in [1.165, 1.54) is 12.1 Å². The summed E-state index contributed by atoms with van der Waals surface area (Å²) in [6.45, 7) is 1.54. The minimum Gasteiger partial charge on any atom is -0.481 e. The highest BCUT2D eigenvalue weighted by atomic mass is 32.2. The molecule has 0 unspecified atom stereocenters. The molecule has 0 aliphatic heterocycles. The second kappa shape index (κ2) is 7.55. The Bertz CT molecular complexity index is 1020. The molecule has 0 saturated heterocycles. The van der Waals surface area contributed by atoms with Crippen LogP contribution in [0.25, 0.3) is 10.8 Å². The van der Waals surface area contributed by atoms with Gasteiger partial charge in [-0.05, 0) is 42.0 Å². The van der Waals surface area contributed by atoms with Crippen molar-refractivity contribution >= 4 is 26.7 Å². The predicted molar refractivity (Wildman–Crippen MR) is 98.9 cm³/mol. The zero-order valence-corrected chi connectivity index (χ0v) is 14.9. The van der Waals surface area contributed by atoms with Crippen molar-refractivity contribution < 1.29 is 17.9 Å². The Kier molecular flexibility index (Phi) is 5.20. The first-order valence-electron chi connectivity index (χ1n) is 7.98. The van der Waals surface area contributed by atoms with Gasteiger partial charge in [-0.3, -0.25) is 10.2 Å². The second-order valence-corrected chi connectivity index (χ2v) is 7.36. The third-order valence-corrected chi connectivity index (χ3v) is 5.03. The Morgan fingerprint density at radius 2 is 1.58 bits per heavy atom. The third-order valence-electron chi connectivity index (χ3n) is 3.77. The molecule has 0 fully saturated rings. The zero-order chi connectivity index (χ0) is 18.6. The minimum atomic E-state index is -3.83. The van der Waals surface area contributed by atoms with Gasteiger partial charge in [0.25, 0.3) is 15.9 Å². The molecular formula is C19H18N2O4S. The number of sulfonamides is 1. The fraction of sp³-hybridized carbons (Fsp3) is 0.105. The van der Waals surface area contributed by atoms with Crippen molar-refractivity contribution in [3.05, 3.63) is 72.8 Å². The standard InChI is InChI=1S/C19H18N2O4S/c1-14(25-17-12-11-15-7-5-6-8-16(15)13-17)19(22)20-21-26(23,24)18-9-3-2-4-10-18/h2-14,21H,1H3,(H,20,22)/t14-/m1/s1. The second-order valence-electron chi connectivity index (χ2n) is 5.68. The molecule has 0 bridgehead atoms. The maximum atomic E-state index is 12.1. The van der Waals surface area contributed by atoms with Gasteiger partial charge < -0.3 is 4.74 Å². The van der Waals surface area contributed by atoms with Crippen molar-refractivity contribution in [3.63, 3.8) is 0 Å². The predicted octanol–water partition coefficient (Wildman–Crippen LogP) is 2.62. The van der Waals surface area contributed by atoms with Crippen LogP contribution in [-0.2, 0) is 14.8 Å². The van der Waals surface area contributed by atoms with E-state index in [9.17, 15) is 13.2 Å². The molecule has 0 saturated carbocycles. The number of hydrogen-bond acceptors (Lipinski definition) is 4. The average molecular weight is 370 g/mol. The van der Waals surface area contributed by atoms with Gasteiger partial charge in [0.15, 0.2) is 6.10 Å². The van der Waals surface area contributed by atoms with Gasteiger partial charge in [0, 0.05) is 0 Å². The lowest BCUT2D eigenvalue weighted by Crippen LogP contribution is -2.47. The van der Waals surface area contributed by atoms with Gasteiger partial charge in [0.1, 0.15) is 5.75 Å². The summed E-state index contributed by atoms with van der Waals surface area (Å²) in [5.74, 6) is -0.0741. The molecule has 0 aliphatic rings. The van der Waals surface area contributed by atoms with Crippen LogP contribution < -0.4 is 15.0 Å². The lowest BCUT2D eigenvalue weighted by molar-refractivity contribution is -0.127. The molecule has 1 atom stereocenters. The van der Waals surface area contributed by atoms with E-state index in [4.69, 9.17) is 4.74 Å². The van der Waals surface area contributed by atoms with Gasteiger partial charge >= 0.3 is 0 Å². The Labute approximate surface area is 151 Å². The Hall–Kier alpha value is -2.90. The van der Waals surface area contributed by atoms with Crippen molar-refractivity contribution in [2.45, 2.75) is 17.9 Å². The van der Waals surface area contributed by atoms with Crippen LogP contribution in [0.1, 0.15) is 6.92 Å². The molecule has 3 aromatic carbocycles. The summed E-state index contributed by atoms with van der Waals surface area (Å²) >= 11 is 0. The van der Waals surface area contributed by atoms with Crippen molar-refractivity contribution in [1.82, 2.24) is 10.3 Å². The third kappa shape index (κ3) is 4.19. The van der Waals surface area contributed by atoms with E-state index in [2.05, 4.69) is 10.3 Å². The minimum absolute atomic E-state index is 0.0587. The average Bonchev–Trinajstić information content (AvgIpc) is 2.66. The van der Waals surface area contributed by atoms with Crippen LogP contribution >= 0.6 is 0 Å². The fourth-order valence-corrected chi connectivity index (χ4v) is 3.24. The van der Waals surface area contributed by atoms with Crippen LogP contribution in [-0.4, -0.2) is 20.4 Å². The van der Waals surface area contributed by atoms with E-state index in [1.807, 2.05) is 36.4 Å². The summed E-state index contributed by atoms with van der Waals surface area (Å²) in [6, 6.07) is 21.0. The van der Waals surface area contributed by atoms with Gasteiger partial charge in [-0.25, -0.2) is 8.42 Å². The number of fused-ring (bicyclic) bond motifs is 1. The van der Waals surface area contributed by atoms with Gasteiger partial charge in [-0.1, -0.05) is 48.5 Å². The number of hydrogen-bond donors (Lipinski definition) is 2. The number of amides is 1. The van der Waals surface area contributed by atoms with Gasteiger partial charge in [-0.2, -0.15) is 0 Å². The highest BCUT2D eigenvalue weighted by Crippen LogP contribution is 2.21. The van der Waals surface area contributed by atoms with Crippen LogP contribution in [0.15, 0.2) is 77.7 Å². The summed E-state index contributed by atoms with van der Waals surface area (Å²) in [5, 5.41) is 2.05. The van der Waals surface area contributed by atoms with Crippen LogP contribution in [0.2, 0.25) is 0 Å². The summed E-state index contributed by atoms with van der Waals surface area (Å²) < 4.78 is 29.8. The van der Waals surface area contributed by atoms with E-state index in [-0.39, 0.29) is 4.90 Å². The van der Waals surface area contributed by atoms with Crippen molar-refractivity contribution in [1.29, 1.82) is 0 Å². The van der Waals surface area contributed by atoms with E-state index >= 15 is 0 Å². The first-order valence-corrected chi connectivity index (χ1v) is 9.46. The topological polar surface area (TPSA) is 84.5 Å². The lowest BCUT2D eigenvalue weighted by atomic mass is 10.1. The van der Waals surface area contributed by atoms with E-state index in [0.29, 0.717) is 5.75 Å². The van der Waals surface area contributed by atoms with Gasteiger partial charge in [0.05, 0.1) is 4.90 Å². The molecule has 1 amide bonds. The molecule has 26 heavy (non-hydrogen) atoms. The maximum Gasteiger partial charge on any atom is 0.275 e. The normalized spacial score (nSPS) is 12.5. The van der Waals surface area contributed by atoms with Crippen molar-refractivity contribution in [2.24, 2.45) is 0 Å². The Morgan fingerprint density at radius 3 is 2.31 bits per heavy atom. The number of nitrogens with one attached hydrogen (secondary N) is 2. The number of ether oxygens (including phenoxy) is 1. The van der Waals surface area contributed by atoms with Crippen LogP contribution in [0.4, 0.5) is 0 Å². The molecule has 6 nitrogen and oxygen atoms in total. The number of carbonyl (C=O) groups is 1. The molecule has 7 heteroatoms. The largest absolute Gasteiger partial charge is 0.481 e. The molecule has 0 radical (unpaired) electrons. The lowest BCUT2D eigenvalue weighted by Gasteiger charge is -2.15. The maximum absolute atomic E-state index is 12.1. The number of carbonyl (C=O) groups excluding carboxylic acids is 1. The van der Waals surface area contributed by atoms with E-state index < -0.39 is 22.0 Å². The Balaban J connectivity index is 1.62. The smallest absolute Gasteiger partial charge is 0.275 e. The van der Waals surface area contributed by atoms with Crippen LogP contribution in [0.5, 0.6) is 5.75 Å².